The number of carbonyl (C=O) groups excluding carboxylic acids is 1. The van der Waals surface area contributed by atoms with Crippen molar-refractivity contribution in [1.29, 1.82) is 0 Å². The molecule has 0 bridgehead atoms. The van der Waals surface area contributed by atoms with Gasteiger partial charge < -0.3 is 15.5 Å². The van der Waals surface area contributed by atoms with Gasteiger partial charge >= 0.3 is 0 Å². The Bertz CT molecular complexity index is 757. The molecular weight excluding hydrogens is 252 g/mol. The lowest BCUT2D eigenvalue weighted by atomic mass is 10.2. The van der Waals surface area contributed by atoms with E-state index in [0.29, 0.717) is 17.0 Å². The highest BCUT2D eigenvalue weighted by atomic mass is 16.3. The SMILES string of the molecule is Cc1ccc(NC(=O)c2cc3ccccc3o2)cc1N. The number of nitrogens with one attached hydrogen (secondary N) is 1. The molecule has 20 heavy (non-hydrogen) atoms. The van der Waals surface area contributed by atoms with Gasteiger partial charge in [-0.1, -0.05) is 24.3 Å². The largest absolute Gasteiger partial charge is 0.451 e. The Hall–Kier alpha value is -2.75. The van der Waals surface area contributed by atoms with Gasteiger partial charge in [0.2, 0.25) is 0 Å². The number of para-hydroxylation sites is 1. The number of nitrogens with two attached hydrogens (primary N) is 1. The Labute approximate surface area is 116 Å². The summed E-state index contributed by atoms with van der Waals surface area (Å²) < 4.78 is 5.51. The average molecular weight is 266 g/mol. The number of rotatable bonds is 2. The maximum absolute atomic E-state index is 12.1. The molecule has 0 atom stereocenters. The standard InChI is InChI=1S/C16H14N2O2/c1-10-6-7-12(9-13(10)17)18-16(19)15-8-11-4-2-3-5-14(11)20-15/h2-9H,17H2,1H3,(H,18,19). The lowest BCUT2D eigenvalue weighted by Crippen LogP contribution is -2.11. The van der Waals surface area contributed by atoms with Crippen molar-refractivity contribution in [3.63, 3.8) is 0 Å². The van der Waals surface area contributed by atoms with Gasteiger partial charge in [-0.2, -0.15) is 0 Å². The van der Waals surface area contributed by atoms with E-state index in [1.165, 1.54) is 0 Å². The predicted octanol–water partition coefficient (Wildman–Crippen LogP) is 3.58. The first-order chi connectivity index (χ1) is 9.63. The van der Waals surface area contributed by atoms with Crippen LogP contribution in [0.3, 0.4) is 0 Å². The Morgan fingerprint density at radius 1 is 1.15 bits per heavy atom. The second-order valence-corrected chi connectivity index (χ2v) is 4.67. The smallest absolute Gasteiger partial charge is 0.291 e. The molecule has 1 aromatic heterocycles. The molecule has 3 rings (SSSR count). The summed E-state index contributed by atoms with van der Waals surface area (Å²) in [6.07, 6.45) is 0. The van der Waals surface area contributed by atoms with Gasteiger partial charge in [0.05, 0.1) is 0 Å². The first kappa shape index (κ1) is 12.3. The van der Waals surface area contributed by atoms with Gasteiger partial charge in [0.25, 0.3) is 5.91 Å². The first-order valence-corrected chi connectivity index (χ1v) is 6.29. The maximum atomic E-state index is 12.1. The summed E-state index contributed by atoms with van der Waals surface area (Å²) in [7, 11) is 0. The third-order valence-electron chi connectivity index (χ3n) is 3.19. The molecular formula is C16H14N2O2. The van der Waals surface area contributed by atoms with Crippen LogP contribution in [0.1, 0.15) is 16.1 Å². The van der Waals surface area contributed by atoms with Crippen LogP contribution in [-0.4, -0.2) is 5.91 Å². The molecule has 0 spiro atoms. The summed E-state index contributed by atoms with van der Waals surface area (Å²) in [4.78, 5) is 12.1. The third kappa shape index (κ3) is 2.23. The second kappa shape index (κ2) is 4.74. The topological polar surface area (TPSA) is 68.3 Å². The molecule has 100 valence electrons. The number of hydrogen-bond acceptors (Lipinski definition) is 3. The number of carbonyl (C=O) groups is 1. The van der Waals surface area contributed by atoms with Gasteiger partial charge in [-0.05, 0) is 36.8 Å². The van der Waals surface area contributed by atoms with Crippen molar-refractivity contribution in [1.82, 2.24) is 0 Å². The van der Waals surface area contributed by atoms with E-state index in [1.54, 1.807) is 12.1 Å². The van der Waals surface area contributed by atoms with Crippen LogP contribution in [0.5, 0.6) is 0 Å². The average Bonchev–Trinajstić information content (AvgIpc) is 2.87. The van der Waals surface area contributed by atoms with Crippen LogP contribution < -0.4 is 11.1 Å². The van der Waals surface area contributed by atoms with Crippen molar-refractivity contribution in [2.24, 2.45) is 0 Å². The van der Waals surface area contributed by atoms with Crippen molar-refractivity contribution in [2.45, 2.75) is 6.92 Å². The molecule has 0 aliphatic rings. The highest BCUT2D eigenvalue weighted by Crippen LogP contribution is 2.21. The number of nitrogen functional groups attached to an aromatic ring is 1. The molecule has 3 N–H and O–H groups in total. The zero-order valence-corrected chi connectivity index (χ0v) is 11.0. The molecule has 3 aromatic rings. The molecule has 4 heteroatoms. The molecule has 0 unspecified atom stereocenters. The first-order valence-electron chi connectivity index (χ1n) is 6.29. The fourth-order valence-corrected chi connectivity index (χ4v) is 2.00. The van der Waals surface area contributed by atoms with E-state index in [9.17, 15) is 4.79 Å². The maximum Gasteiger partial charge on any atom is 0.291 e. The van der Waals surface area contributed by atoms with Gasteiger partial charge in [-0.25, -0.2) is 0 Å². The summed E-state index contributed by atoms with van der Waals surface area (Å²) in [6, 6.07) is 14.6. The Morgan fingerprint density at radius 2 is 1.95 bits per heavy atom. The highest BCUT2D eigenvalue weighted by molar-refractivity contribution is 6.04. The molecule has 0 saturated heterocycles. The number of aryl methyl sites for hydroxylation is 1. The Kier molecular flexibility index (Phi) is 2.91. The van der Waals surface area contributed by atoms with Crippen molar-refractivity contribution in [3.8, 4) is 0 Å². The summed E-state index contributed by atoms with van der Waals surface area (Å²) in [6.45, 7) is 1.92. The number of hydrogen-bond donors (Lipinski definition) is 2. The normalized spacial score (nSPS) is 10.7. The summed E-state index contributed by atoms with van der Waals surface area (Å²) >= 11 is 0. The molecule has 0 aliphatic carbocycles. The number of benzene rings is 2. The zero-order chi connectivity index (χ0) is 14.1. The van der Waals surface area contributed by atoms with Gasteiger partial charge in [0, 0.05) is 16.8 Å². The molecule has 0 fully saturated rings. The lowest BCUT2D eigenvalue weighted by Gasteiger charge is -2.05. The Balaban J connectivity index is 1.86. The number of amides is 1. The van der Waals surface area contributed by atoms with Gasteiger partial charge in [-0.15, -0.1) is 0 Å². The van der Waals surface area contributed by atoms with Crippen LogP contribution in [0.2, 0.25) is 0 Å². The summed E-state index contributed by atoms with van der Waals surface area (Å²) in [5.41, 5.74) is 8.79. The lowest BCUT2D eigenvalue weighted by molar-refractivity contribution is 0.0998. The number of anilines is 2. The monoisotopic (exact) mass is 266 g/mol. The number of furan rings is 1. The van der Waals surface area contributed by atoms with E-state index >= 15 is 0 Å². The fourth-order valence-electron chi connectivity index (χ4n) is 2.00. The molecule has 1 heterocycles. The summed E-state index contributed by atoms with van der Waals surface area (Å²) in [5.74, 6) is -0.00482. The molecule has 0 aliphatic heterocycles. The highest BCUT2D eigenvalue weighted by Gasteiger charge is 2.12. The quantitative estimate of drug-likeness (QED) is 0.697. The van der Waals surface area contributed by atoms with Gasteiger partial charge in [-0.3, -0.25) is 4.79 Å². The zero-order valence-electron chi connectivity index (χ0n) is 11.0. The minimum Gasteiger partial charge on any atom is -0.451 e. The summed E-state index contributed by atoms with van der Waals surface area (Å²) in [5, 5.41) is 3.68. The molecule has 0 radical (unpaired) electrons. The molecule has 0 saturated carbocycles. The van der Waals surface area contributed by atoms with Crippen LogP contribution in [-0.2, 0) is 0 Å². The van der Waals surface area contributed by atoms with E-state index < -0.39 is 0 Å². The van der Waals surface area contributed by atoms with Crippen molar-refractivity contribution in [2.75, 3.05) is 11.1 Å². The van der Waals surface area contributed by atoms with E-state index in [1.807, 2.05) is 43.3 Å². The van der Waals surface area contributed by atoms with Crippen molar-refractivity contribution in [3.05, 3.63) is 59.9 Å². The second-order valence-electron chi connectivity index (χ2n) is 4.67. The van der Waals surface area contributed by atoms with Crippen LogP contribution in [0.4, 0.5) is 11.4 Å². The number of fused-ring (bicyclic) bond motifs is 1. The van der Waals surface area contributed by atoms with Crippen molar-refractivity contribution < 1.29 is 9.21 Å². The van der Waals surface area contributed by atoms with Crippen LogP contribution in [0.15, 0.2) is 52.9 Å². The predicted molar refractivity (Wildman–Crippen MR) is 79.8 cm³/mol. The minimum absolute atomic E-state index is 0.283. The van der Waals surface area contributed by atoms with Crippen LogP contribution >= 0.6 is 0 Å². The van der Waals surface area contributed by atoms with E-state index in [0.717, 1.165) is 10.9 Å². The fraction of sp³-hybridized carbons (Fsp3) is 0.0625. The Morgan fingerprint density at radius 3 is 2.70 bits per heavy atom. The third-order valence-corrected chi connectivity index (χ3v) is 3.19. The van der Waals surface area contributed by atoms with Crippen molar-refractivity contribution >= 4 is 28.3 Å². The van der Waals surface area contributed by atoms with Gasteiger partial charge in [0.1, 0.15) is 5.58 Å². The minimum atomic E-state index is -0.288. The molecule has 4 nitrogen and oxygen atoms in total. The van der Waals surface area contributed by atoms with E-state index in [2.05, 4.69) is 5.32 Å². The van der Waals surface area contributed by atoms with E-state index in [-0.39, 0.29) is 11.7 Å². The van der Waals surface area contributed by atoms with Gasteiger partial charge in [0.15, 0.2) is 5.76 Å². The molecule has 1 amide bonds. The van der Waals surface area contributed by atoms with Crippen LogP contribution in [0, 0.1) is 6.92 Å². The van der Waals surface area contributed by atoms with Crippen LogP contribution in [0.25, 0.3) is 11.0 Å². The molecule has 2 aromatic carbocycles. The van der Waals surface area contributed by atoms with E-state index in [4.69, 9.17) is 10.2 Å².